The van der Waals surface area contributed by atoms with Gasteiger partial charge in [0.25, 0.3) is 0 Å². The summed E-state index contributed by atoms with van der Waals surface area (Å²) in [6, 6.07) is 10.8. The zero-order valence-corrected chi connectivity index (χ0v) is 14.5. The van der Waals surface area contributed by atoms with E-state index in [9.17, 15) is 4.79 Å². The summed E-state index contributed by atoms with van der Waals surface area (Å²) in [5.74, 6) is 0.416. The van der Waals surface area contributed by atoms with Crippen molar-refractivity contribution in [1.82, 2.24) is 0 Å². The van der Waals surface area contributed by atoms with Crippen molar-refractivity contribution in [1.29, 1.82) is 0 Å². The summed E-state index contributed by atoms with van der Waals surface area (Å²) in [7, 11) is 0. The number of carbonyl (C=O) groups is 1. The van der Waals surface area contributed by atoms with Crippen LogP contribution in [-0.4, -0.2) is 24.3 Å². The van der Waals surface area contributed by atoms with Gasteiger partial charge in [-0.1, -0.05) is 24.8 Å². The van der Waals surface area contributed by atoms with Gasteiger partial charge in [0.15, 0.2) is 11.5 Å². The number of ether oxygens (including phenoxy) is 2. The van der Waals surface area contributed by atoms with Crippen molar-refractivity contribution in [3.05, 3.63) is 65.7 Å². The highest BCUT2D eigenvalue weighted by Gasteiger charge is 2.08. The van der Waals surface area contributed by atoms with Crippen molar-refractivity contribution < 1.29 is 19.4 Å². The van der Waals surface area contributed by atoms with Gasteiger partial charge in [-0.05, 0) is 49.2 Å². The number of carboxylic acid groups (broad SMARTS) is 1. The monoisotopic (exact) mass is 341 g/mol. The van der Waals surface area contributed by atoms with E-state index in [-0.39, 0.29) is 5.56 Å². The first-order valence-electron chi connectivity index (χ1n) is 8.12. The summed E-state index contributed by atoms with van der Waals surface area (Å²) >= 11 is 0. The molecule has 0 heterocycles. The van der Waals surface area contributed by atoms with Crippen LogP contribution in [0.2, 0.25) is 0 Å². The molecule has 2 aromatic rings. The molecule has 0 atom stereocenters. The standard InChI is InChI=1S/C20H23NO4/c1-4-10-25-18-9-7-15(11-19(18)24-5-2)13-21-17-12-16(20(22)23)8-6-14(17)3/h4,6-9,11-12,21H,1,5,10,13H2,2-3H3,(H,22,23). The van der Waals surface area contributed by atoms with E-state index >= 15 is 0 Å². The smallest absolute Gasteiger partial charge is 0.335 e. The highest BCUT2D eigenvalue weighted by atomic mass is 16.5. The van der Waals surface area contributed by atoms with Crippen molar-refractivity contribution >= 4 is 11.7 Å². The van der Waals surface area contributed by atoms with Crippen molar-refractivity contribution in [2.45, 2.75) is 20.4 Å². The second kappa shape index (κ2) is 8.78. The Morgan fingerprint density at radius 2 is 2.00 bits per heavy atom. The van der Waals surface area contributed by atoms with Crippen molar-refractivity contribution in [2.75, 3.05) is 18.5 Å². The lowest BCUT2D eigenvalue weighted by Crippen LogP contribution is -2.05. The Balaban J connectivity index is 2.15. The van der Waals surface area contributed by atoms with E-state index in [0.717, 1.165) is 16.8 Å². The molecule has 0 aliphatic carbocycles. The van der Waals surface area contributed by atoms with Crippen LogP contribution in [0, 0.1) is 6.92 Å². The van der Waals surface area contributed by atoms with Crippen LogP contribution in [0.1, 0.15) is 28.4 Å². The predicted octanol–water partition coefficient (Wildman–Crippen LogP) is 4.27. The summed E-state index contributed by atoms with van der Waals surface area (Å²) in [5, 5.41) is 12.4. The van der Waals surface area contributed by atoms with Gasteiger partial charge in [0.2, 0.25) is 0 Å². The number of anilines is 1. The maximum atomic E-state index is 11.1. The number of aryl methyl sites for hydroxylation is 1. The van der Waals surface area contributed by atoms with Crippen molar-refractivity contribution in [3.8, 4) is 11.5 Å². The quantitative estimate of drug-likeness (QED) is 0.667. The normalized spacial score (nSPS) is 10.2. The highest BCUT2D eigenvalue weighted by molar-refractivity contribution is 5.89. The number of hydrogen-bond acceptors (Lipinski definition) is 4. The Morgan fingerprint density at radius 3 is 2.68 bits per heavy atom. The number of benzene rings is 2. The fourth-order valence-corrected chi connectivity index (χ4v) is 2.34. The third-order valence-corrected chi connectivity index (χ3v) is 3.63. The molecule has 0 aliphatic rings. The van der Waals surface area contributed by atoms with Crippen LogP contribution in [0.5, 0.6) is 11.5 Å². The molecule has 0 saturated heterocycles. The fourth-order valence-electron chi connectivity index (χ4n) is 2.34. The van der Waals surface area contributed by atoms with Crippen LogP contribution in [-0.2, 0) is 6.54 Å². The molecule has 0 saturated carbocycles. The Bertz CT molecular complexity index is 755. The maximum absolute atomic E-state index is 11.1. The Labute approximate surface area is 147 Å². The van der Waals surface area contributed by atoms with E-state index in [1.54, 1.807) is 24.3 Å². The van der Waals surface area contributed by atoms with Crippen LogP contribution in [0.3, 0.4) is 0 Å². The average Bonchev–Trinajstić information content (AvgIpc) is 2.60. The third-order valence-electron chi connectivity index (χ3n) is 3.63. The van der Waals surface area contributed by atoms with Crippen molar-refractivity contribution in [3.63, 3.8) is 0 Å². The minimum Gasteiger partial charge on any atom is -0.490 e. The van der Waals surface area contributed by atoms with Gasteiger partial charge in [0, 0.05) is 12.2 Å². The van der Waals surface area contributed by atoms with E-state index in [0.29, 0.717) is 31.3 Å². The SMILES string of the molecule is C=CCOc1ccc(CNc2cc(C(=O)O)ccc2C)cc1OCC. The first-order chi connectivity index (χ1) is 12.0. The highest BCUT2D eigenvalue weighted by Crippen LogP contribution is 2.29. The number of hydrogen-bond donors (Lipinski definition) is 2. The molecule has 0 aliphatic heterocycles. The molecule has 0 unspecified atom stereocenters. The van der Waals surface area contributed by atoms with Crippen LogP contribution in [0.25, 0.3) is 0 Å². The summed E-state index contributed by atoms with van der Waals surface area (Å²) in [6.45, 7) is 9.00. The molecule has 0 fully saturated rings. The summed E-state index contributed by atoms with van der Waals surface area (Å²) in [6.07, 6.45) is 1.68. The molecular formula is C20H23NO4. The average molecular weight is 341 g/mol. The topological polar surface area (TPSA) is 67.8 Å². The van der Waals surface area contributed by atoms with Gasteiger partial charge >= 0.3 is 5.97 Å². The molecule has 0 radical (unpaired) electrons. The minimum atomic E-state index is -0.939. The molecule has 25 heavy (non-hydrogen) atoms. The van der Waals surface area contributed by atoms with E-state index in [1.807, 2.05) is 32.0 Å². The van der Waals surface area contributed by atoms with Gasteiger partial charge in [0.1, 0.15) is 6.61 Å². The molecule has 0 spiro atoms. The molecule has 0 bridgehead atoms. The molecule has 0 amide bonds. The van der Waals surface area contributed by atoms with Crippen molar-refractivity contribution in [2.24, 2.45) is 0 Å². The van der Waals surface area contributed by atoms with Crippen LogP contribution >= 0.6 is 0 Å². The molecule has 132 valence electrons. The third kappa shape index (κ3) is 5.01. The van der Waals surface area contributed by atoms with Gasteiger partial charge in [-0.3, -0.25) is 0 Å². The van der Waals surface area contributed by atoms with E-state index in [1.165, 1.54) is 0 Å². The molecule has 2 rings (SSSR count). The van der Waals surface area contributed by atoms with Gasteiger partial charge in [0.05, 0.1) is 12.2 Å². The number of nitrogens with one attached hydrogen (secondary N) is 1. The lowest BCUT2D eigenvalue weighted by molar-refractivity contribution is 0.0697. The van der Waals surface area contributed by atoms with Crippen LogP contribution in [0.4, 0.5) is 5.69 Å². The number of carboxylic acids is 1. The lowest BCUT2D eigenvalue weighted by atomic mass is 10.1. The molecule has 5 heteroatoms. The molecular weight excluding hydrogens is 318 g/mol. The second-order valence-corrected chi connectivity index (χ2v) is 5.50. The van der Waals surface area contributed by atoms with Gasteiger partial charge < -0.3 is 19.9 Å². The van der Waals surface area contributed by atoms with E-state index in [2.05, 4.69) is 11.9 Å². The first-order valence-corrected chi connectivity index (χ1v) is 8.12. The van der Waals surface area contributed by atoms with Crippen LogP contribution < -0.4 is 14.8 Å². The van der Waals surface area contributed by atoms with Gasteiger partial charge in [-0.2, -0.15) is 0 Å². The first kappa shape index (κ1) is 18.4. The number of rotatable bonds is 9. The summed E-state index contributed by atoms with van der Waals surface area (Å²) in [4.78, 5) is 11.1. The lowest BCUT2D eigenvalue weighted by Gasteiger charge is -2.14. The number of aromatic carboxylic acids is 1. The van der Waals surface area contributed by atoms with Gasteiger partial charge in [-0.25, -0.2) is 4.79 Å². The maximum Gasteiger partial charge on any atom is 0.335 e. The molecule has 5 nitrogen and oxygen atoms in total. The van der Waals surface area contributed by atoms with E-state index < -0.39 is 5.97 Å². The summed E-state index contributed by atoms with van der Waals surface area (Å²) in [5.41, 5.74) is 3.05. The largest absolute Gasteiger partial charge is 0.490 e. The second-order valence-electron chi connectivity index (χ2n) is 5.50. The zero-order valence-electron chi connectivity index (χ0n) is 14.5. The summed E-state index contributed by atoms with van der Waals surface area (Å²) < 4.78 is 11.2. The van der Waals surface area contributed by atoms with Crippen LogP contribution in [0.15, 0.2) is 49.1 Å². The molecule has 0 aromatic heterocycles. The zero-order chi connectivity index (χ0) is 18.2. The fraction of sp³-hybridized carbons (Fsp3) is 0.250. The van der Waals surface area contributed by atoms with Gasteiger partial charge in [-0.15, -0.1) is 0 Å². The molecule has 2 N–H and O–H groups in total. The predicted molar refractivity (Wildman–Crippen MR) is 98.8 cm³/mol. The Morgan fingerprint density at radius 1 is 1.20 bits per heavy atom. The van der Waals surface area contributed by atoms with E-state index in [4.69, 9.17) is 14.6 Å². The molecule has 2 aromatic carbocycles. The minimum absolute atomic E-state index is 0.260. The Hall–Kier alpha value is -2.95. The Kier molecular flexibility index (Phi) is 6.46.